The van der Waals surface area contributed by atoms with Crippen molar-refractivity contribution in [1.82, 2.24) is 14.7 Å². The smallest absolute Gasteiger partial charge is 0.339 e. The number of benzene rings is 2. The number of carbonyl (C=O) groups excluding carboxylic acids is 1. The van der Waals surface area contributed by atoms with Crippen LogP contribution in [0.3, 0.4) is 0 Å². The van der Waals surface area contributed by atoms with Crippen molar-refractivity contribution in [3.63, 3.8) is 0 Å². The second-order valence-electron chi connectivity index (χ2n) is 7.30. The molecule has 0 aliphatic carbocycles. The largest absolute Gasteiger partial charge is 0.484 e. The molecule has 3 aromatic rings. The van der Waals surface area contributed by atoms with E-state index in [1.807, 2.05) is 42.5 Å². The normalized spacial score (nSPS) is 14.9. The lowest BCUT2D eigenvalue weighted by Crippen LogP contribution is -2.41. The second kappa shape index (κ2) is 7.95. The molecule has 1 fully saturated rings. The molecule has 1 aliphatic heterocycles. The van der Waals surface area contributed by atoms with E-state index in [1.54, 1.807) is 16.5 Å². The van der Waals surface area contributed by atoms with Gasteiger partial charge in [0.15, 0.2) is 6.61 Å². The van der Waals surface area contributed by atoms with Crippen LogP contribution in [0.5, 0.6) is 5.75 Å². The molecule has 7 nitrogen and oxygen atoms in total. The van der Waals surface area contributed by atoms with E-state index in [1.165, 1.54) is 6.20 Å². The molecular weight excluding hydrogens is 370 g/mol. The molecule has 1 N–H and O–H groups in total. The van der Waals surface area contributed by atoms with Gasteiger partial charge in [0.25, 0.3) is 5.91 Å². The van der Waals surface area contributed by atoms with Gasteiger partial charge in [0.2, 0.25) is 0 Å². The fourth-order valence-electron chi connectivity index (χ4n) is 3.85. The minimum Gasteiger partial charge on any atom is -0.484 e. The fourth-order valence-corrected chi connectivity index (χ4v) is 3.85. The lowest BCUT2D eigenvalue weighted by atomic mass is 10.0. The standard InChI is InChI=1S/C22H23N3O4/c1-15-20(22(27)28)13-23-25(15)18-8-10-24(11-9-18)21(26)14-29-19-7-6-16-4-2-3-5-17(16)12-19/h2-7,12-13,18H,8-11,14H2,1H3,(H,27,28). The van der Waals surface area contributed by atoms with Gasteiger partial charge >= 0.3 is 5.97 Å². The summed E-state index contributed by atoms with van der Waals surface area (Å²) in [6.45, 7) is 2.98. The predicted molar refractivity (Wildman–Crippen MR) is 108 cm³/mol. The van der Waals surface area contributed by atoms with Crippen LogP contribution in [0, 0.1) is 6.92 Å². The Hall–Kier alpha value is -3.35. The molecule has 0 radical (unpaired) electrons. The first kappa shape index (κ1) is 19.0. The van der Waals surface area contributed by atoms with Gasteiger partial charge in [0, 0.05) is 13.1 Å². The summed E-state index contributed by atoms with van der Waals surface area (Å²) in [7, 11) is 0. The minimum atomic E-state index is -0.966. The summed E-state index contributed by atoms with van der Waals surface area (Å²) in [5.41, 5.74) is 0.884. The van der Waals surface area contributed by atoms with Crippen LogP contribution in [-0.2, 0) is 4.79 Å². The molecule has 150 valence electrons. The number of carbonyl (C=O) groups is 2. The highest BCUT2D eigenvalue weighted by Gasteiger charge is 2.26. The number of likely N-dealkylation sites (tertiary alicyclic amines) is 1. The number of aromatic nitrogens is 2. The zero-order chi connectivity index (χ0) is 20.4. The molecule has 2 heterocycles. The molecular formula is C22H23N3O4. The van der Waals surface area contributed by atoms with Crippen LogP contribution in [0.2, 0.25) is 0 Å². The number of piperidine rings is 1. The highest BCUT2D eigenvalue weighted by molar-refractivity contribution is 5.88. The van der Waals surface area contributed by atoms with Crippen molar-refractivity contribution in [3.8, 4) is 5.75 Å². The molecule has 29 heavy (non-hydrogen) atoms. The Morgan fingerprint density at radius 1 is 1.14 bits per heavy atom. The van der Waals surface area contributed by atoms with E-state index in [0.717, 1.165) is 23.6 Å². The third-order valence-electron chi connectivity index (χ3n) is 5.52. The van der Waals surface area contributed by atoms with Gasteiger partial charge in [-0.1, -0.05) is 30.3 Å². The Morgan fingerprint density at radius 2 is 1.86 bits per heavy atom. The van der Waals surface area contributed by atoms with Gasteiger partial charge in [-0.2, -0.15) is 5.10 Å². The van der Waals surface area contributed by atoms with E-state index >= 15 is 0 Å². The zero-order valence-corrected chi connectivity index (χ0v) is 16.2. The van der Waals surface area contributed by atoms with E-state index in [2.05, 4.69) is 5.10 Å². The van der Waals surface area contributed by atoms with E-state index in [9.17, 15) is 14.7 Å². The molecule has 0 spiro atoms. The van der Waals surface area contributed by atoms with Gasteiger partial charge in [0.05, 0.1) is 17.9 Å². The van der Waals surface area contributed by atoms with Crippen molar-refractivity contribution in [1.29, 1.82) is 0 Å². The Morgan fingerprint density at radius 3 is 2.55 bits per heavy atom. The number of carboxylic acids is 1. The molecule has 1 aliphatic rings. The van der Waals surface area contributed by atoms with Crippen molar-refractivity contribution < 1.29 is 19.4 Å². The number of amides is 1. The van der Waals surface area contributed by atoms with Crippen molar-refractivity contribution in [2.75, 3.05) is 19.7 Å². The van der Waals surface area contributed by atoms with Crippen LogP contribution in [0.1, 0.15) is 34.9 Å². The quantitative estimate of drug-likeness (QED) is 0.719. The number of fused-ring (bicyclic) bond motifs is 1. The average Bonchev–Trinajstić information content (AvgIpc) is 3.13. The number of carboxylic acid groups (broad SMARTS) is 1. The summed E-state index contributed by atoms with van der Waals surface area (Å²) in [6.07, 6.45) is 2.87. The molecule has 1 aromatic heterocycles. The highest BCUT2D eigenvalue weighted by Crippen LogP contribution is 2.25. The first-order chi connectivity index (χ1) is 14.0. The van der Waals surface area contributed by atoms with Crippen LogP contribution in [0.25, 0.3) is 10.8 Å². The SMILES string of the molecule is Cc1c(C(=O)O)cnn1C1CCN(C(=O)COc2ccc3ccccc3c2)CC1. The summed E-state index contributed by atoms with van der Waals surface area (Å²) >= 11 is 0. The Balaban J connectivity index is 1.32. The minimum absolute atomic E-state index is 0.00691. The lowest BCUT2D eigenvalue weighted by molar-refractivity contribution is -0.134. The van der Waals surface area contributed by atoms with Gasteiger partial charge in [0.1, 0.15) is 11.3 Å². The molecule has 1 saturated heterocycles. The Bertz CT molecular complexity index is 1050. The molecule has 0 bridgehead atoms. The van der Waals surface area contributed by atoms with Crippen molar-refractivity contribution in [3.05, 3.63) is 59.9 Å². The van der Waals surface area contributed by atoms with Crippen LogP contribution >= 0.6 is 0 Å². The van der Waals surface area contributed by atoms with E-state index in [-0.39, 0.29) is 24.1 Å². The van der Waals surface area contributed by atoms with Crippen LogP contribution < -0.4 is 4.74 Å². The van der Waals surface area contributed by atoms with Gasteiger partial charge in [-0.15, -0.1) is 0 Å². The van der Waals surface area contributed by atoms with Crippen molar-refractivity contribution in [2.45, 2.75) is 25.8 Å². The van der Waals surface area contributed by atoms with Crippen molar-refractivity contribution >= 4 is 22.6 Å². The average molecular weight is 393 g/mol. The predicted octanol–water partition coefficient (Wildman–Crippen LogP) is 3.29. The molecule has 0 atom stereocenters. The molecule has 1 amide bonds. The van der Waals surface area contributed by atoms with E-state index < -0.39 is 5.97 Å². The van der Waals surface area contributed by atoms with Crippen LogP contribution in [0.4, 0.5) is 0 Å². The van der Waals surface area contributed by atoms with E-state index in [0.29, 0.717) is 24.5 Å². The number of rotatable bonds is 5. The summed E-state index contributed by atoms with van der Waals surface area (Å²) in [4.78, 5) is 25.5. The summed E-state index contributed by atoms with van der Waals surface area (Å²) in [5.74, 6) is -0.326. The monoisotopic (exact) mass is 393 g/mol. The summed E-state index contributed by atoms with van der Waals surface area (Å²) in [5, 5.41) is 15.6. The number of hydrogen-bond donors (Lipinski definition) is 1. The van der Waals surface area contributed by atoms with Crippen LogP contribution in [0.15, 0.2) is 48.7 Å². The first-order valence-corrected chi connectivity index (χ1v) is 9.69. The van der Waals surface area contributed by atoms with Gasteiger partial charge in [-0.25, -0.2) is 4.79 Å². The number of nitrogens with zero attached hydrogens (tertiary/aromatic N) is 3. The van der Waals surface area contributed by atoms with Crippen LogP contribution in [-0.4, -0.2) is 51.4 Å². The maximum Gasteiger partial charge on any atom is 0.339 e. The third-order valence-corrected chi connectivity index (χ3v) is 5.52. The molecule has 4 rings (SSSR count). The first-order valence-electron chi connectivity index (χ1n) is 9.69. The molecule has 0 saturated carbocycles. The molecule has 7 heteroatoms. The van der Waals surface area contributed by atoms with Crippen molar-refractivity contribution in [2.24, 2.45) is 0 Å². The third kappa shape index (κ3) is 3.94. The zero-order valence-electron chi connectivity index (χ0n) is 16.2. The lowest BCUT2D eigenvalue weighted by Gasteiger charge is -2.32. The Kier molecular flexibility index (Phi) is 5.20. The molecule has 2 aromatic carbocycles. The fraction of sp³-hybridized carbons (Fsp3) is 0.318. The number of hydrogen-bond acceptors (Lipinski definition) is 4. The second-order valence-corrected chi connectivity index (χ2v) is 7.30. The summed E-state index contributed by atoms with van der Waals surface area (Å²) < 4.78 is 7.49. The van der Waals surface area contributed by atoms with E-state index in [4.69, 9.17) is 4.74 Å². The maximum atomic E-state index is 12.5. The Labute approximate surface area is 168 Å². The maximum absolute atomic E-state index is 12.5. The summed E-state index contributed by atoms with van der Waals surface area (Å²) in [6, 6.07) is 13.9. The highest BCUT2D eigenvalue weighted by atomic mass is 16.5. The topological polar surface area (TPSA) is 84.7 Å². The number of aromatic carboxylic acids is 1. The number of ether oxygens (including phenoxy) is 1. The molecule has 0 unspecified atom stereocenters. The van der Waals surface area contributed by atoms with Gasteiger partial charge < -0.3 is 14.7 Å². The van der Waals surface area contributed by atoms with Gasteiger partial charge in [-0.3, -0.25) is 9.48 Å². The van der Waals surface area contributed by atoms with Gasteiger partial charge in [-0.05, 0) is 42.7 Å².